The summed E-state index contributed by atoms with van der Waals surface area (Å²) < 4.78 is 18.8. The van der Waals surface area contributed by atoms with Crippen LogP contribution in [-0.2, 0) is 0 Å². The van der Waals surface area contributed by atoms with Crippen LogP contribution in [0.4, 0.5) is 10.1 Å². The number of thiophene rings is 1. The van der Waals surface area contributed by atoms with E-state index in [0.29, 0.717) is 10.6 Å². The standard InChI is InChI=1S/C19H15ClFN3O2S/c1-26-12-7-5-11(6-8-12)17-9-16(22)18(27-17)19(25)24-23-10-13-14(20)3-2-4-15(13)21/h2-10H,22H2,1H3,(H,24,25)/b23-10-. The van der Waals surface area contributed by atoms with Crippen molar-refractivity contribution in [3.63, 3.8) is 0 Å². The average molecular weight is 404 g/mol. The van der Waals surface area contributed by atoms with Crippen molar-refractivity contribution in [2.45, 2.75) is 0 Å². The fourth-order valence-electron chi connectivity index (χ4n) is 2.32. The van der Waals surface area contributed by atoms with E-state index in [1.54, 1.807) is 13.2 Å². The van der Waals surface area contributed by atoms with Crippen LogP contribution in [0, 0.1) is 5.82 Å². The number of amides is 1. The summed E-state index contributed by atoms with van der Waals surface area (Å²) in [5.74, 6) is -0.277. The molecule has 0 spiro atoms. The maximum atomic E-state index is 13.7. The van der Waals surface area contributed by atoms with Gasteiger partial charge in [0.2, 0.25) is 0 Å². The first-order valence-corrected chi connectivity index (χ1v) is 9.00. The summed E-state index contributed by atoms with van der Waals surface area (Å²) >= 11 is 7.14. The fraction of sp³-hybridized carbons (Fsp3) is 0.0526. The minimum Gasteiger partial charge on any atom is -0.497 e. The zero-order chi connectivity index (χ0) is 19.4. The molecule has 8 heteroatoms. The summed E-state index contributed by atoms with van der Waals surface area (Å²) in [4.78, 5) is 13.5. The van der Waals surface area contributed by atoms with Crippen LogP contribution >= 0.6 is 22.9 Å². The third kappa shape index (κ3) is 4.27. The SMILES string of the molecule is COc1ccc(-c2cc(N)c(C(=O)N/N=C\c3c(F)cccc3Cl)s2)cc1. The molecule has 0 aliphatic heterocycles. The maximum absolute atomic E-state index is 13.7. The summed E-state index contributed by atoms with van der Waals surface area (Å²) in [6.45, 7) is 0. The van der Waals surface area contributed by atoms with Gasteiger partial charge in [-0.05, 0) is 48.0 Å². The molecule has 3 rings (SSSR count). The van der Waals surface area contributed by atoms with Crippen LogP contribution < -0.4 is 15.9 Å². The quantitative estimate of drug-likeness (QED) is 0.484. The van der Waals surface area contributed by atoms with Crippen molar-refractivity contribution >= 4 is 40.7 Å². The molecule has 2 aromatic carbocycles. The van der Waals surface area contributed by atoms with E-state index in [1.807, 2.05) is 24.3 Å². The Morgan fingerprint density at radius 2 is 2.04 bits per heavy atom. The van der Waals surface area contributed by atoms with Crippen molar-refractivity contribution in [2.24, 2.45) is 5.10 Å². The van der Waals surface area contributed by atoms with Gasteiger partial charge in [-0.25, -0.2) is 9.82 Å². The minimum absolute atomic E-state index is 0.0949. The number of carbonyl (C=O) groups excluding carboxylic acids is 1. The number of anilines is 1. The van der Waals surface area contributed by atoms with Gasteiger partial charge in [-0.3, -0.25) is 4.79 Å². The Hall–Kier alpha value is -2.90. The molecule has 0 radical (unpaired) electrons. The Morgan fingerprint density at radius 1 is 1.30 bits per heavy atom. The first-order chi connectivity index (χ1) is 13.0. The normalized spacial score (nSPS) is 10.9. The van der Waals surface area contributed by atoms with Gasteiger partial charge in [0, 0.05) is 10.4 Å². The molecule has 5 nitrogen and oxygen atoms in total. The lowest BCUT2D eigenvalue weighted by Gasteiger charge is -2.01. The highest BCUT2D eigenvalue weighted by atomic mass is 35.5. The first kappa shape index (κ1) is 18.9. The molecule has 1 aromatic heterocycles. The number of nitrogens with one attached hydrogen (secondary N) is 1. The van der Waals surface area contributed by atoms with Crippen LogP contribution in [0.1, 0.15) is 15.2 Å². The van der Waals surface area contributed by atoms with Crippen LogP contribution in [0.5, 0.6) is 5.75 Å². The smallest absolute Gasteiger partial charge is 0.283 e. The van der Waals surface area contributed by atoms with Crippen molar-refractivity contribution < 1.29 is 13.9 Å². The summed E-state index contributed by atoms with van der Waals surface area (Å²) in [5, 5.41) is 3.97. The molecule has 27 heavy (non-hydrogen) atoms. The molecule has 138 valence electrons. The third-order valence-corrected chi connectivity index (χ3v) is 5.23. The van der Waals surface area contributed by atoms with E-state index in [9.17, 15) is 9.18 Å². The molecule has 0 bridgehead atoms. The van der Waals surface area contributed by atoms with Crippen LogP contribution in [-0.4, -0.2) is 19.2 Å². The number of benzene rings is 2. The second kappa shape index (κ2) is 8.20. The Labute approximate surface area is 164 Å². The van der Waals surface area contributed by atoms with Crippen molar-refractivity contribution in [3.8, 4) is 16.2 Å². The van der Waals surface area contributed by atoms with Gasteiger partial charge >= 0.3 is 0 Å². The van der Waals surface area contributed by atoms with Gasteiger partial charge in [0.05, 0.1) is 24.0 Å². The monoisotopic (exact) mass is 403 g/mol. The Balaban J connectivity index is 1.75. The van der Waals surface area contributed by atoms with Crippen LogP contribution in [0.15, 0.2) is 53.6 Å². The van der Waals surface area contributed by atoms with Crippen molar-refractivity contribution in [1.82, 2.24) is 5.43 Å². The minimum atomic E-state index is -0.530. The zero-order valence-corrected chi connectivity index (χ0v) is 15.8. The number of rotatable bonds is 5. The topological polar surface area (TPSA) is 76.7 Å². The average Bonchev–Trinajstić information content (AvgIpc) is 3.06. The molecule has 1 amide bonds. The molecule has 0 aliphatic rings. The number of nitrogen functional groups attached to an aromatic ring is 1. The van der Waals surface area contributed by atoms with Crippen LogP contribution in [0.25, 0.3) is 10.4 Å². The Kier molecular flexibility index (Phi) is 5.73. The number of carbonyl (C=O) groups is 1. The van der Waals surface area contributed by atoms with Gasteiger partial charge in [-0.1, -0.05) is 17.7 Å². The predicted molar refractivity (Wildman–Crippen MR) is 107 cm³/mol. The van der Waals surface area contributed by atoms with Crippen molar-refractivity contribution in [1.29, 1.82) is 0 Å². The van der Waals surface area contributed by atoms with Gasteiger partial charge in [-0.15, -0.1) is 11.3 Å². The number of hydrogen-bond acceptors (Lipinski definition) is 5. The molecule has 0 atom stereocenters. The zero-order valence-electron chi connectivity index (χ0n) is 14.2. The van der Waals surface area contributed by atoms with Gasteiger partial charge in [0.25, 0.3) is 5.91 Å². The van der Waals surface area contributed by atoms with Crippen molar-refractivity contribution in [2.75, 3.05) is 12.8 Å². The van der Waals surface area contributed by atoms with E-state index in [1.165, 1.54) is 29.5 Å². The molecule has 0 saturated heterocycles. The van der Waals surface area contributed by atoms with E-state index in [0.717, 1.165) is 22.4 Å². The highest BCUT2D eigenvalue weighted by molar-refractivity contribution is 7.18. The number of methoxy groups -OCH3 is 1. The molecule has 0 fully saturated rings. The second-order valence-corrected chi connectivity index (χ2v) is 6.92. The number of hydrogen-bond donors (Lipinski definition) is 2. The van der Waals surface area contributed by atoms with Gasteiger partial charge in [-0.2, -0.15) is 5.10 Å². The second-order valence-electron chi connectivity index (χ2n) is 5.46. The summed E-state index contributed by atoms with van der Waals surface area (Å²) in [6.07, 6.45) is 1.16. The predicted octanol–water partition coefficient (Wildman–Crippen LogP) is 4.56. The summed E-state index contributed by atoms with van der Waals surface area (Å²) in [6, 6.07) is 13.4. The molecule has 3 aromatic rings. The molecule has 3 N–H and O–H groups in total. The van der Waals surface area contributed by atoms with Gasteiger partial charge in [0.15, 0.2) is 0 Å². The largest absolute Gasteiger partial charge is 0.497 e. The van der Waals surface area contributed by atoms with E-state index in [-0.39, 0.29) is 10.6 Å². The highest BCUT2D eigenvalue weighted by Gasteiger charge is 2.15. The highest BCUT2D eigenvalue weighted by Crippen LogP contribution is 2.34. The molecular weight excluding hydrogens is 389 g/mol. The number of nitrogens with zero attached hydrogens (tertiary/aromatic N) is 1. The lowest BCUT2D eigenvalue weighted by atomic mass is 10.2. The van der Waals surface area contributed by atoms with Gasteiger partial charge < -0.3 is 10.5 Å². The number of ether oxygens (including phenoxy) is 1. The van der Waals surface area contributed by atoms with Gasteiger partial charge in [0.1, 0.15) is 16.4 Å². The Morgan fingerprint density at radius 3 is 2.70 bits per heavy atom. The van der Waals surface area contributed by atoms with E-state index in [2.05, 4.69) is 10.5 Å². The molecule has 0 unspecified atom stereocenters. The fourth-order valence-corrected chi connectivity index (χ4v) is 3.51. The lowest BCUT2D eigenvalue weighted by Crippen LogP contribution is -2.17. The summed E-state index contributed by atoms with van der Waals surface area (Å²) in [7, 11) is 1.59. The molecule has 1 heterocycles. The van der Waals surface area contributed by atoms with E-state index < -0.39 is 11.7 Å². The molecular formula is C19H15ClFN3O2S. The Bertz CT molecular complexity index is 982. The lowest BCUT2D eigenvalue weighted by molar-refractivity contribution is 0.0960. The molecule has 0 aliphatic carbocycles. The molecule has 0 saturated carbocycles. The number of hydrazone groups is 1. The number of nitrogens with two attached hydrogens (primary N) is 1. The summed E-state index contributed by atoms with van der Waals surface area (Å²) in [5.41, 5.74) is 9.64. The van der Waals surface area contributed by atoms with E-state index in [4.69, 9.17) is 22.1 Å². The van der Waals surface area contributed by atoms with E-state index >= 15 is 0 Å². The number of halogens is 2. The van der Waals surface area contributed by atoms with Crippen LogP contribution in [0.3, 0.4) is 0 Å². The van der Waals surface area contributed by atoms with Crippen LogP contribution in [0.2, 0.25) is 5.02 Å². The third-order valence-electron chi connectivity index (χ3n) is 3.70. The van der Waals surface area contributed by atoms with Crippen molar-refractivity contribution in [3.05, 3.63) is 69.8 Å². The maximum Gasteiger partial charge on any atom is 0.283 e. The first-order valence-electron chi connectivity index (χ1n) is 7.80.